The van der Waals surface area contributed by atoms with E-state index in [0.29, 0.717) is 5.92 Å². The van der Waals surface area contributed by atoms with E-state index >= 15 is 0 Å². The predicted octanol–water partition coefficient (Wildman–Crippen LogP) is 1.90. The van der Waals surface area contributed by atoms with Crippen LogP contribution in [0.2, 0.25) is 0 Å². The van der Waals surface area contributed by atoms with E-state index in [1.165, 1.54) is 17.4 Å². The summed E-state index contributed by atoms with van der Waals surface area (Å²) in [5.41, 5.74) is 2.25. The first-order chi connectivity index (χ1) is 6.95. The summed E-state index contributed by atoms with van der Waals surface area (Å²) in [5.74, 6) is 0.598. The molecule has 0 bridgehead atoms. The topological polar surface area (TPSA) is 38.1 Å². The molecule has 1 saturated heterocycles. The molecule has 0 aliphatic carbocycles. The molecule has 3 rings (SSSR count). The van der Waals surface area contributed by atoms with Gasteiger partial charge in [-0.15, -0.1) is 0 Å². The maximum atomic E-state index is 5.49. The fourth-order valence-corrected chi connectivity index (χ4v) is 2.13. The molecular formula is C11H12N2O. The van der Waals surface area contributed by atoms with Gasteiger partial charge in [-0.2, -0.15) is 0 Å². The van der Waals surface area contributed by atoms with Crippen LogP contribution >= 0.6 is 0 Å². The normalized spacial score (nSPS) is 21.9. The Morgan fingerprint density at radius 2 is 2.50 bits per heavy atom. The molecule has 3 heterocycles. The highest BCUT2D eigenvalue weighted by atomic mass is 16.3. The summed E-state index contributed by atoms with van der Waals surface area (Å²) in [6, 6.07) is 1.92. The van der Waals surface area contributed by atoms with Crippen molar-refractivity contribution in [1.29, 1.82) is 0 Å². The molecule has 0 radical (unpaired) electrons. The van der Waals surface area contributed by atoms with Gasteiger partial charge in [0.15, 0.2) is 0 Å². The van der Waals surface area contributed by atoms with Crippen molar-refractivity contribution in [3.8, 4) is 0 Å². The average Bonchev–Trinajstić information content (AvgIpc) is 2.85. The standard InChI is InChI=1S/C11H12N2O/c1-3-12-5-8(1)10-7-14-11-2-4-13-6-9(10)11/h2,4,6-8,12H,1,3,5H2. The predicted molar refractivity (Wildman–Crippen MR) is 54.2 cm³/mol. The van der Waals surface area contributed by atoms with Gasteiger partial charge in [0.25, 0.3) is 0 Å². The monoisotopic (exact) mass is 188 g/mol. The van der Waals surface area contributed by atoms with Crippen LogP contribution in [0.25, 0.3) is 11.0 Å². The van der Waals surface area contributed by atoms with E-state index in [1.807, 2.05) is 18.5 Å². The number of nitrogens with zero attached hydrogens (tertiary/aromatic N) is 1. The molecule has 0 amide bonds. The molecule has 1 atom stereocenters. The van der Waals surface area contributed by atoms with Crippen LogP contribution in [0.15, 0.2) is 29.1 Å². The Bertz CT molecular complexity index is 443. The second-order valence-electron chi connectivity index (χ2n) is 3.75. The Hall–Kier alpha value is -1.35. The van der Waals surface area contributed by atoms with E-state index < -0.39 is 0 Å². The summed E-state index contributed by atoms with van der Waals surface area (Å²) < 4.78 is 5.49. The first-order valence-corrected chi connectivity index (χ1v) is 4.97. The summed E-state index contributed by atoms with van der Waals surface area (Å²) in [6.45, 7) is 2.17. The van der Waals surface area contributed by atoms with Gasteiger partial charge >= 0.3 is 0 Å². The summed E-state index contributed by atoms with van der Waals surface area (Å²) in [5, 5.41) is 4.53. The highest BCUT2D eigenvalue weighted by Gasteiger charge is 2.20. The maximum absolute atomic E-state index is 5.49. The lowest BCUT2D eigenvalue weighted by molar-refractivity contribution is 0.602. The van der Waals surface area contributed by atoms with E-state index in [-0.39, 0.29) is 0 Å². The van der Waals surface area contributed by atoms with Gasteiger partial charge in [-0.3, -0.25) is 4.98 Å². The Morgan fingerprint density at radius 1 is 1.50 bits per heavy atom. The minimum Gasteiger partial charge on any atom is -0.464 e. The molecule has 0 spiro atoms. The number of nitrogens with one attached hydrogen (secondary N) is 1. The molecule has 14 heavy (non-hydrogen) atoms. The van der Waals surface area contributed by atoms with Crippen molar-refractivity contribution in [2.24, 2.45) is 0 Å². The molecule has 2 aromatic heterocycles. The molecule has 3 heteroatoms. The van der Waals surface area contributed by atoms with Crippen LogP contribution in [0.4, 0.5) is 0 Å². The van der Waals surface area contributed by atoms with Gasteiger partial charge in [-0.1, -0.05) is 0 Å². The lowest BCUT2D eigenvalue weighted by Gasteiger charge is -2.04. The molecule has 1 unspecified atom stereocenters. The van der Waals surface area contributed by atoms with Crippen LogP contribution in [-0.2, 0) is 0 Å². The first-order valence-electron chi connectivity index (χ1n) is 4.97. The number of aromatic nitrogens is 1. The summed E-state index contributed by atoms with van der Waals surface area (Å²) in [4.78, 5) is 4.14. The molecule has 1 fully saturated rings. The van der Waals surface area contributed by atoms with Crippen LogP contribution in [0.5, 0.6) is 0 Å². The lowest BCUT2D eigenvalue weighted by Crippen LogP contribution is -2.07. The highest BCUT2D eigenvalue weighted by molar-refractivity contribution is 5.80. The van der Waals surface area contributed by atoms with Gasteiger partial charge in [-0.05, 0) is 19.0 Å². The minimum absolute atomic E-state index is 0.598. The number of hydrogen-bond acceptors (Lipinski definition) is 3. The number of fused-ring (bicyclic) bond motifs is 1. The second-order valence-corrected chi connectivity index (χ2v) is 3.75. The smallest absolute Gasteiger partial charge is 0.137 e. The summed E-state index contributed by atoms with van der Waals surface area (Å²) >= 11 is 0. The van der Waals surface area contributed by atoms with Crippen molar-refractivity contribution in [2.45, 2.75) is 12.3 Å². The van der Waals surface area contributed by atoms with Crippen LogP contribution in [0, 0.1) is 0 Å². The largest absolute Gasteiger partial charge is 0.464 e. The zero-order chi connectivity index (χ0) is 9.38. The van der Waals surface area contributed by atoms with Gasteiger partial charge < -0.3 is 9.73 Å². The fourth-order valence-electron chi connectivity index (χ4n) is 2.13. The van der Waals surface area contributed by atoms with Crippen LogP contribution in [0.3, 0.4) is 0 Å². The van der Waals surface area contributed by atoms with E-state index in [4.69, 9.17) is 4.42 Å². The van der Waals surface area contributed by atoms with Crippen LogP contribution in [0.1, 0.15) is 17.9 Å². The molecule has 1 N–H and O–H groups in total. The average molecular weight is 188 g/mol. The van der Waals surface area contributed by atoms with Gasteiger partial charge in [0.1, 0.15) is 5.58 Å². The third-order valence-electron chi connectivity index (χ3n) is 2.91. The molecule has 1 aliphatic heterocycles. The number of furan rings is 1. The van der Waals surface area contributed by atoms with Crippen molar-refractivity contribution in [3.05, 3.63) is 30.3 Å². The summed E-state index contributed by atoms with van der Waals surface area (Å²) in [7, 11) is 0. The Kier molecular flexibility index (Phi) is 1.77. The number of rotatable bonds is 1. The Labute approximate surface area is 82.1 Å². The van der Waals surface area contributed by atoms with Crippen molar-refractivity contribution in [3.63, 3.8) is 0 Å². The van der Waals surface area contributed by atoms with Gasteiger partial charge in [-0.25, -0.2) is 0 Å². The van der Waals surface area contributed by atoms with E-state index in [0.717, 1.165) is 18.7 Å². The van der Waals surface area contributed by atoms with Crippen molar-refractivity contribution in [1.82, 2.24) is 10.3 Å². The molecule has 1 aliphatic rings. The van der Waals surface area contributed by atoms with Crippen LogP contribution in [-0.4, -0.2) is 18.1 Å². The minimum atomic E-state index is 0.598. The first kappa shape index (κ1) is 8.00. The van der Waals surface area contributed by atoms with Gasteiger partial charge in [0.05, 0.1) is 6.26 Å². The van der Waals surface area contributed by atoms with Crippen LogP contribution < -0.4 is 5.32 Å². The maximum Gasteiger partial charge on any atom is 0.137 e. The fraction of sp³-hybridized carbons (Fsp3) is 0.364. The van der Waals surface area contributed by atoms with E-state index in [1.54, 1.807) is 6.20 Å². The molecule has 0 aromatic carbocycles. The zero-order valence-corrected chi connectivity index (χ0v) is 7.86. The third-order valence-corrected chi connectivity index (χ3v) is 2.91. The molecule has 72 valence electrons. The van der Waals surface area contributed by atoms with Crippen molar-refractivity contribution in [2.75, 3.05) is 13.1 Å². The highest BCUT2D eigenvalue weighted by Crippen LogP contribution is 2.30. The molecule has 0 saturated carbocycles. The third kappa shape index (κ3) is 1.13. The van der Waals surface area contributed by atoms with Gasteiger partial charge in [0.2, 0.25) is 0 Å². The Balaban J connectivity index is 2.11. The summed E-state index contributed by atoms with van der Waals surface area (Å²) in [6.07, 6.45) is 6.74. The lowest BCUT2D eigenvalue weighted by atomic mass is 9.99. The zero-order valence-electron chi connectivity index (χ0n) is 7.86. The van der Waals surface area contributed by atoms with Crippen molar-refractivity contribution >= 4 is 11.0 Å². The van der Waals surface area contributed by atoms with Crippen molar-refractivity contribution < 1.29 is 4.42 Å². The number of pyridine rings is 1. The molecule has 3 nitrogen and oxygen atoms in total. The van der Waals surface area contributed by atoms with Gasteiger partial charge in [0, 0.05) is 35.8 Å². The SMILES string of the molecule is c1cc2occ(C3CCNC3)c2cn1. The number of hydrogen-bond donors (Lipinski definition) is 1. The Morgan fingerprint density at radius 3 is 3.36 bits per heavy atom. The van der Waals surface area contributed by atoms with E-state index in [9.17, 15) is 0 Å². The second kappa shape index (κ2) is 3.10. The molecule has 2 aromatic rings. The quantitative estimate of drug-likeness (QED) is 0.742. The molecular weight excluding hydrogens is 176 g/mol. The van der Waals surface area contributed by atoms with E-state index in [2.05, 4.69) is 10.3 Å².